The molecule has 1 heterocycles. The Morgan fingerprint density at radius 1 is 1.11 bits per heavy atom. The summed E-state index contributed by atoms with van der Waals surface area (Å²) in [5.74, 6) is 2.28. The number of rotatable bonds is 3. The maximum absolute atomic E-state index is 2.64. The highest BCUT2D eigenvalue weighted by molar-refractivity contribution is 5.27. The van der Waals surface area contributed by atoms with E-state index in [1.165, 1.54) is 24.2 Å². The molecule has 1 saturated heterocycles. The van der Waals surface area contributed by atoms with Crippen molar-refractivity contribution in [2.24, 2.45) is 11.8 Å². The van der Waals surface area contributed by atoms with Crippen molar-refractivity contribution in [3.63, 3.8) is 0 Å². The fraction of sp³-hybridized carbons (Fsp3) is 0.647. The minimum absolute atomic E-state index is 0.668. The van der Waals surface area contributed by atoms with Crippen molar-refractivity contribution in [2.75, 3.05) is 13.1 Å². The Morgan fingerprint density at radius 3 is 2.39 bits per heavy atom. The summed E-state index contributed by atoms with van der Waals surface area (Å²) in [6, 6.07) is 9.77. The van der Waals surface area contributed by atoms with Crippen LogP contribution in [0.25, 0.3) is 0 Å². The second-order valence-corrected chi connectivity index (χ2v) is 6.48. The molecule has 1 aromatic rings. The van der Waals surface area contributed by atoms with Gasteiger partial charge in [0.15, 0.2) is 0 Å². The van der Waals surface area contributed by atoms with Gasteiger partial charge in [0.2, 0.25) is 0 Å². The number of benzene rings is 1. The average Bonchev–Trinajstić information content (AvgIpc) is 2.73. The quantitative estimate of drug-likeness (QED) is 0.776. The largest absolute Gasteiger partial charge is 0.300 e. The lowest BCUT2D eigenvalue weighted by Gasteiger charge is -2.22. The van der Waals surface area contributed by atoms with Gasteiger partial charge >= 0.3 is 0 Å². The second-order valence-electron chi connectivity index (χ2n) is 6.48. The molecule has 1 aliphatic heterocycles. The van der Waals surface area contributed by atoms with Crippen LogP contribution < -0.4 is 0 Å². The first-order valence-corrected chi connectivity index (χ1v) is 7.29. The van der Waals surface area contributed by atoms with Crippen LogP contribution in [0.3, 0.4) is 0 Å². The van der Waals surface area contributed by atoms with E-state index in [4.69, 9.17) is 0 Å². The monoisotopic (exact) mass is 245 g/mol. The van der Waals surface area contributed by atoms with E-state index in [0.29, 0.717) is 12.0 Å². The number of likely N-dealkylation sites (tertiary alicyclic amines) is 1. The van der Waals surface area contributed by atoms with Crippen molar-refractivity contribution in [3.05, 3.63) is 35.4 Å². The third-order valence-corrected chi connectivity index (χ3v) is 4.45. The molecule has 0 radical (unpaired) electrons. The van der Waals surface area contributed by atoms with Crippen molar-refractivity contribution in [1.82, 2.24) is 4.90 Å². The van der Waals surface area contributed by atoms with Crippen molar-refractivity contribution in [3.8, 4) is 0 Å². The Kier molecular flexibility index (Phi) is 4.11. The predicted molar refractivity (Wildman–Crippen MR) is 79.0 cm³/mol. The zero-order valence-corrected chi connectivity index (χ0v) is 12.5. The van der Waals surface area contributed by atoms with E-state index in [9.17, 15) is 0 Å². The standard InChI is InChI=1S/C17H27N/c1-12(2)16-10-18(13(3)4)11-17(16)15-8-6-7-14(5)9-15/h6-9,12-13,16-17H,10-11H2,1-5H3. The summed E-state index contributed by atoms with van der Waals surface area (Å²) < 4.78 is 0. The van der Waals surface area contributed by atoms with Gasteiger partial charge in [0, 0.05) is 25.0 Å². The van der Waals surface area contributed by atoms with Gasteiger partial charge in [-0.15, -0.1) is 0 Å². The average molecular weight is 245 g/mol. The summed E-state index contributed by atoms with van der Waals surface area (Å²) in [6.07, 6.45) is 0. The SMILES string of the molecule is Cc1cccc(C2CN(C(C)C)CC2C(C)C)c1. The molecule has 0 N–H and O–H groups in total. The third-order valence-electron chi connectivity index (χ3n) is 4.45. The molecule has 0 aliphatic carbocycles. The van der Waals surface area contributed by atoms with Gasteiger partial charge < -0.3 is 4.90 Å². The summed E-state index contributed by atoms with van der Waals surface area (Å²) in [4.78, 5) is 2.64. The molecule has 0 bridgehead atoms. The van der Waals surface area contributed by atoms with Gasteiger partial charge in [-0.2, -0.15) is 0 Å². The van der Waals surface area contributed by atoms with Crippen molar-refractivity contribution in [1.29, 1.82) is 0 Å². The van der Waals surface area contributed by atoms with Crippen LogP contribution in [0.5, 0.6) is 0 Å². The molecular formula is C17H27N. The van der Waals surface area contributed by atoms with E-state index in [0.717, 1.165) is 11.8 Å². The molecule has 2 rings (SSSR count). The van der Waals surface area contributed by atoms with Gasteiger partial charge in [-0.05, 0) is 38.2 Å². The Labute approximate surface area is 112 Å². The van der Waals surface area contributed by atoms with E-state index >= 15 is 0 Å². The number of hydrogen-bond acceptors (Lipinski definition) is 1. The van der Waals surface area contributed by atoms with Crippen LogP contribution in [-0.2, 0) is 0 Å². The van der Waals surface area contributed by atoms with Crippen molar-refractivity contribution >= 4 is 0 Å². The fourth-order valence-corrected chi connectivity index (χ4v) is 3.21. The van der Waals surface area contributed by atoms with Crippen LogP contribution in [-0.4, -0.2) is 24.0 Å². The summed E-state index contributed by atoms with van der Waals surface area (Å²) >= 11 is 0. The minimum atomic E-state index is 0.668. The third kappa shape index (κ3) is 2.77. The van der Waals surface area contributed by atoms with Gasteiger partial charge in [-0.3, -0.25) is 0 Å². The van der Waals surface area contributed by atoms with Gasteiger partial charge in [0.05, 0.1) is 0 Å². The van der Waals surface area contributed by atoms with Gasteiger partial charge in [-0.25, -0.2) is 0 Å². The molecule has 0 amide bonds. The molecule has 2 unspecified atom stereocenters. The zero-order chi connectivity index (χ0) is 13.3. The zero-order valence-electron chi connectivity index (χ0n) is 12.5. The molecule has 18 heavy (non-hydrogen) atoms. The second kappa shape index (κ2) is 5.44. The van der Waals surface area contributed by atoms with Crippen molar-refractivity contribution < 1.29 is 0 Å². The lowest BCUT2D eigenvalue weighted by Crippen LogP contribution is -2.28. The van der Waals surface area contributed by atoms with Crippen molar-refractivity contribution in [2.45, 2.75) is 46.6 Å². The first-order chi connectivity index (χ1) is 8.49. The highest BCUT2D eigenvalue weighted by Gasteiger charge is 2.36. The van der Waals surface area contributed by atoms with Gasteiger partial charge in [0.1, 0.15) is 0 Å². The van der Waals surface area contributed by atoms with Crippen LogP contribution in [0.15, 0.2) is 24.3 Å². The lowest BCUT2D eigenvalue weighted by atomic mass is 9.81. The highest BCUT2D eigenvalue weighted by Crippen LogP contribution is 2.38. The molecule has 100 valence electrons. The Morgan fingerprint density at radius 2 is 1.83 bits per heavy atom. The first-order valence-electron chi connectivity index (χ1n) is 7.29. The Balaban J connectivity index is 2.24. The summed E-state index contributed by atoms with van der Waals surface area (Å²) in [5, 5.41) is 0. The minimum Gasteiger partial charge on any atom is -0.300 e. The molecule has 2 atom stereocenters. The molecule has 0 spiro atoms. The van der Waals surface area contributed by atoms with E-state index in [-0.39, 0.29) is 0 Å². The van der Waals surface area contributed by atoms with Gasteiger partial charge in [0.25, 0.3) is 0 Å². The number of hydrogen-bond donors (Lipinski definition) is 0. The van der Waals surface area contributed by atoms with Gasteiger partial charge in [-0.1, -0.05) is 43.7 Å². The molecule has 1 heteroatoms. The molecule has 0 saturated carbocycles. The maximum atomic E-state index is 2.64. The molecular weight excluding hydrogens is 218 g/mol. The molecule has 1 fully saturated rings. The number of nitrogens with zero attached hydrogens (tertiary/aromatic N) is 1. The molecule has 1 aromatic carbocycles. The topological polar surface area (TPSA) is 3.24 Å². The predicted octanol–water partition coefficient (Wildman–Crippen LogP) is 4.07. The van der Waals surface area contributed by atoms with Crippen LogP contribution in [0.1, 0.15) is 44.7 Å². The molecule has 0 aromatic heterocycles. The van der Waals surface area contributed by atoms with E-state index in [1.54, 1.807) is 0 Å². The van der Waals surface area contributed by atoms with E-state index in [1.807, 2.05) is 0 Å². The van der Waals surface area contributed by atoms with Crippen LogP contribution in [0.4, 0.5) is 0 Å². The Bertz CT molecular complexity index is 394. The highest BCUT2D eigenvalue weighted by atomic mass is 15.2. The van der Waals surface area contributed by atoms with E-state index < -0.39 is 0 Å². The smallest absolute Gasteiger partial charge is 0.00563 e. The number of aryl methyl sites for hydroxylation is 1. The van der Waals surface area contributed by atoms with Crippen LogP contribution in [0, 0.1) is 18.8 Å². The maximum Gasteiger partial charge on any atom is 0.00563 e. The molecule has 1 aliphatic rings. The first kappa shape index (κ1) is 13.6. The lowest BCUT2D eigenvalue weighted by molar-refractivity contribution is 0.253. The molecule has 1 nitrogen and oxygen atoms in total. The van der Waals surface area contributed by atoms with Crippen LogP contribution in [0.2, 0.25) is 0 Å². The Hall–Kier alpha value is -0.820. The summed E-state index contributed by atoms with van der Waals surface area (Å²) in [5.41, 5.74) is 2.93. The normalized spacial score (nSPS) is 25.3. The van der Waals surface area contributed by atoms with Crippen LogP contribution >= 0.6 is 0 Å². The summed E-state index contributed by atoms with van der Waals surface area (Å²) in [6.45, 7) is 14.1. The summed E-state index contributed by atoms with van der Waals surface area (Å²) in [7, 11) is 0. The fourth-order valence-electron chi connectivity index (χ4n) is 3.21. The van der Waals surface area contributed by atoms with E-state index in [2.05, 4.69) is 63.8 Å².